The van der Waals surface area contributed by atoms with Crippen LogP contribution >= 0.6 is 0 Å². The summed E-state index contributed by atoms with van der Waals surface area (Å²) in [6, 6.07) is 0. The van der Waals surface area contributed by atoms with Crippen LogP contribution in [0.4, 0.5) is 0 Å². The predicted octanol–water partition coefficient (Wildman–Crippen LogP) is -2.45. The first-order valence-electron chi connectivity index (χ1n) is 1.45. The second-order valence-corrected chi connectivity index (χ2v) is 0.447. The van der Waals surface area contributed by atoms with Gasteiger partial charge in [0, 0.05) is 0 Å². The van der Waals surface area contributed by atoms with Crippen LogP contribution in [0, 0.1) is 22.5 Å². The van der Waals surface area contributed by atoms with E-state index in [9.17, 15) is 0 Å². The maximum atomic E-state index is 7.32. The van der Waals surface area contributed by atoms with Gasteiger partial charge in [-0.1, -0.05) is 0 Å². The van der Waals surface area contributed by atoms with Crippen molar-refractivity contribution in [3.8, 4) is 11.9 Å². The fourth-order valence-electron chi connectivity index (χ4n) is 0. The summed E-state index contributed by atoms with van der Waals surface area (Å²) < 4.78 is 0. The van der Waals surface area contributed by atoms with E-state index < -0.39 is 0 Å². The van der Waals surface area contributed by atoms with Crippen molar-refractivity contribution in [1.82, 2.24) is 0 Å². The van der Waals surface area contributed by atoms with Crippen LogP contribution in [0.5, 0.6) is 0 Å². The number of nitrogens with zero attached hydrogens (tertiary/aromatic N) is 2. The van der Waals surface area contributed by atoms with Crippen LogP contribution in [-0.2, 0) is 0 Å². The third kappa shape index (κ3) is 8550. The molecule has 0 saturated carbocycles. The van der Waals surface area contributed by atoms with E-state index in [1.165, 1.54) is 15.7 Å². The van der Waals surface area contributed by atoms with E-state index >= 15 is 0 Å². The Labute approximate surface area is 67.6 Å². The summed E-state index contributed by atoms with van der Waals surface area (Å²) >= 11 is 0. The zero-order chi connectivity index (χ0) is 5.41. The van der Waals surface area contributed by atoms with Gasteiger partial charge in [-0.05, 0) is 11.9 Å². The van der Waals surface area contributed by atoms with Crippen molar-refractivity contribution in [2.45, 2.75) is 0 Å². The van der Waals surface area contributed by atoms with E-state index in [1.54, 1.807) is 11.9 Å². The summed E-state index contributed by atoms with van der Waals surface area (Å²) in [5.41, 5.74) is 0. The van der Waals surface area contributed by atoms with Crippen LogP contribution in [0.1, 0.15) is 0 Å². The van der Waals surface area contributed by atoms with Crippen LogP contribution in [-0.4, -0.2) is 45.2 Å². The fourth-order valence-corrected chi connectivity index (χ4v) is 0. The molecule has 0 aromatic heterocycles. The SMILES string of the molecule is BC#N.BC#N.[NaH]. The van der Waals surface area contributed by atoms with Crippen LogP contribution in [0.15, 0.2) is 0 Å². The molecule has 2 nitrogen and oxygen atoms in total. The average Bonchev–Trinajstić information content (AvgIpc) is 1.39. The second kappa shape index (κ2) is 35.8. The number of nitriles is 2. The molecule has 0 unspecified atom stereocenters. The molecule has 0 aromatic rings. The number of rotatable bonds is 0. The summed E-state index contributed by atoms with van der Waals surface area (Å²) in [7, 11) is 2.86. The van der Waals surface area contributed by atoms with E-state index in [0.717, 1.165) is 0 Å². The Morgan fingerprint density at radius 3 is 1.00 bits per heavy atom. The van der Waals surface area contributed by atoms with Gasteiger partial charge in [-0.2, -0.15) is 0 Å². The molecule has 7 heavy (non-hydrogen) atoms. The van der Waals surface area contributed by atoms with Gasteiger partial charge in [-0.15, -0.1) is 0 Å². The summed E-state index contributed by atoms with van der Waals surface area (Å²) in [5.74, 6) is 3.50. The average molecular weight is 102 g/mol. The van der Waals surface area contributed by atoms with Gasteiger partial charge in [0.15, 0.2) is 0 Å². The van der Waals surface area contributed by atoms with Crippen molar-refractivity contribution in [2.75, 3.05) is 0 Å². The van der Waals surface area contributed by atoms with E-state index in [2.05, 4.69) is 0 Å². The van der Waals surface area contributed by atoms with Crippen molar-refractivity contribution in [2.24, 2.45) is 0 Å². The first-order chi connectivity index (χ1) is 2.83. The van der Waals surface area contributed by atoms with E-state index in [0.29, 0.717) is 0 Å². The number of hydrogen-bond donors (Lipinski definition) is 0. The van der Waals surface area contributed by atoms with Crippen LogP contribution < -0.4 is 0 Å². The maximum absolute atomic E-state index is 7.32. The Hall–Kier alpha value is 0.110. The Kier molecular flexibility index (Phi) is 80.4. The fraction of sp³-hybridized carbons (Fsp3) is 0. The monoisotopic (exact) mass is 102 g/mol. The molecule has 0 bridgehead atoms. The van der Waals surface area contributed by atoms with Crippen molar-refractivity contribution in [3.05, 3.63) is 0 Å². The topological polar surface area (TPSA) is 47.6 Å². The number of hydrogen-bond acceptors (Lipinski definition) is 2. The van der Waals surface area contributed by atoms with Crippen molar-refractivity contribution in [3.63, 3.8) is 0 Å². The molecule has 0 saturated heterocycles. The molecule has 0 amide bonds. The van der Waals surface area contributed by atoms with Crippen LogP contribution in [0.3, 0.4) is 0 Å². The van der Waals surface area contributed by atoms with Crippen LogP contribution in [0.25, 0.3) is 0 Å². The molecular weight excluding hydrogens is 96.6 g/mol. The standard InChI is InChI=1S/2CH2BN.Na.H/c2*2-1-3;;/h2*2H2;;. The Morgan fingerprint density at radius 1 is 1.00 bits per heavy atom. The van der Waals surface area contributed by atoms with Gasteiger partial charge in [-0.3, -0.25) is 0 Å². The molecule has 0 aromatic carbocycles. The zero-order valence-electron chi connectivity index (χ0n) is 3.89. The molecule has 0 N–H and O–H groups in total. The van der Waals surface area contributed by atoms with Gasteiger partial charge >= 0.3 is 29.6 Å². The van der Waals surface area contributed by atoms with E-state index in [1.807, 2.05) is 0 Å². The van der Waals surface area contributed by atoms with Gasteiger partial charge < -0.3 is 0 Å². The molecule has 0 rings (SSSR count). The Morgan fingerprint density at radius 2 is 1.00 bits per heavy atom. The Bertz CT molecular complexity index is 68.7. The molecule has 0 atom stereocenters. The summed E-state index contributed by atoms with van der Waals surface area (Å²) in [6.07, 6.45) is 0. The first kappa shape index (κ1) is 15.7. The van der Waals surface area contributed by atoms with Crippen molar-refractivity contribution in [1.29, 1.82) is 10.5 Å². The third-order valence-corrected chi connectivity index (χ3v) is 0. The summed E-state index contributed by atoms with van der Waals surface area (Å²) in [5, 5.41) is 14.6. The molecule has 0 aliphatic rings. The predicted molar refractivity (Wildman–Crippen MR) is 35.5 cm³/mol. The van der Waals surface area contributed by atoms with Gasteiger partial charge in [0.1, 0.15) is 0 Å². The van der Waals surface area contributed by atoms with E-state index in [-0.39, 0.29) is 29.6 Å². The quantitative estimate of drug-likeness (QED) is 0.318. The molecule has 0 radical (unpaired) electrons. The molecule has 0 aliphatic carbocycles. The molecule has 0 heterocycles. The van der Waals surface area contributed by atoms with Gasteiger partial charge in [0.25, 0.3) is 0 Å². The Balaban J connectivity index is -0.0000000400. The van der Waals surface area contributed by atoms with Gasteiger partial charge in [-0.25, -0.2) is 10.5 Å². The van der Waals surface area contributed by atoms with Crippen molar-refractivity contribution < 1.29 is 0 Å². The summed E-state index contributed by atoms with van der Waals surface area (Å²) in [6.45, 7) is 0. The normalized spacial score (nSPS) is 2.00. The summed E-state index contributed by atoms with van der Waals surface area (Å²) in [4.78, 5) is 0. The second-order valence-electron chi connectivity index (χ2n) is 0.447. The third-order valence-electron chi connectivity index (χ3n) is 0. The minimum absolute atomic E-state index is 0. The molecule has 30 valence electrons. The first-order valence-corrected chi connectivity index (χ1v) is 1.45. The zero-order valence-corrected chi connectivity index (χ0v) is 3.89. The molecule has 5 heteroatoms. The van der Waals surface area contributed by atoms with Gasteiger partial charge in [0.05, 0.1) is 0 Å². The van der Waals surface area contributed by atoms with Gasteiger partial charge in [0.2, 0.25) is 15.7 Å². The van der Waals surface area contributed by atoms with E-state index in [4.69, 9.17) is 10.5 Å². The minimum atomic E-state index is 0. The molecule has 0 aliphatic heterocycles. The molecular formula is C2H5B2N2Na. The van der Waals surface area contributed by atoms with Crippen LogP contribution in [0.2, 0.25) is 0 Å². The molecule has 0 fully saturated rings. The molecule has 0 spiro atoms. The van der Waals surface area contributed by atoms with Crippen molar-refractivity contribution >= 4 is 45.2 Å².